The molecule has 1 saturated heterocycles. The summed E-state index contributed by atoms with van der Waals surface area (Å²) in [4.78, 5) is 13.3. The van der Waals surface area contributed by atoms with Crippen molar-refractivity contribution >= 4 is 5.91 Å². The highest BCUT2D eigenvalue weighted by molar-refractivity contribution is 5.91. The molecule has 1 fully saturated rings. The molecule has 2 N–H and O–H groups in total. The number of hydrogen-bond donors (Lipinski definition) is 1. The fourth-order valence-electron chi connectivity index (χ4n) is 1.45. The summed E-state index contributed by atoms with van der Waals surface area (Å²) in [5, 5.41) is 3.48. The van der Waals surface area contributed by atoms with E-state index in [9.17, 15) is 4.79 Å². The predicted octanol–water partition coefficient (Wildman–Crippen LogP) is -0.152. The smallest absolute Gasteiger partial charge is 0.292 e. The van der Waals surface area contributed by atoms with Gasteiger partial charge in [0.05, 0.1) is 6.20 Å². The summed E-state index contributed by atoms with van der Waals surface area (Å²) in [6.07, 6.45) is 2.32. The van der Waals surface area contributed by atoms with E-state index in [1.165, 1.54) is 6.20 Å². The molecular formula is C8H11N3O2. The molecule has 2 rings (SSSR count). The average molecular weight is 181 g/mol. The fraction of sp³-hybridized carbons (Fsp3) is 0.500. The van der Waals surface area contributed by atoms with Gasteiger partial charge in [0.2, 0.25) is 5.76 Å². The number of hydrogen-bond acceptors (Lipinski definition) is 4. The Morgan fingerprint density at radius 1 is 1.77 bits per heavy atom. The number of carbonyl (C=O) groups is 1. The van der Waals surface area contributed by atoms with Gasteiger partial charge in [-0.2, -0.15) is 0 Å². The van der Waals surface area contributed by atoms with Crippen LogP contribution in [0.3, 0.4) is 0 Å². The first-order valence-corrected chi connectivity index (χ1v) is 4.23. The van der Waals surface area contributed by atoms with E-state index in [-0.39, 0.29) is 17.7 Å². The van der Waals surface area contributed by atoms with E-state index in [1.54, 1.807) is 11.0 Å². The maximum atomic E-state index is 11.6. The van der Waals surface area contributed by atoms with Gasteiger partial charge >= 0.3 is 0 Å². The molecule has 0 spiro atoms. The van der Waals surface area contributed by atoms with Crippen molar-refractivity contribution in [2.45, 2.75) is 12.5 Å². The van der Waals surface area contributed by atoms with E-state index < -0.39 is 0 Å². The molecule has 13 heavy (non-hydrogen) atoms. The Kier molecular flexibility index (Phi) is 2.02. The Labute approximate surface area is 75.5 Å². The third-order valence-electron chi connectivity index (χ3n) is 2.16. The maximum absolute atomic E-state index is 11.6. The Hall–Kier alpha value is -1.36. The summed E-state index contributed by atoms with van der Waals surface area (Å²) < 4.78 is 4.76. The van der Waals surface area contributed by atoms with Crippen LogP contribution in [-0.2, 0) is 0 Å². The lowest BCUT2D eigenvalue weighted by molar-refractivity contribution is 0.0749. The van der Waals surface area contributed by atoms with Gasteiger partial charge in [-0.3, -0.25) is 4.79 Å². The van der Waals surface area contributed by atoms with Crippen LogP contribution in [0, 0.1) is 0 Å². The van der Waals surface area contributed by atoms with Crippen LogP contribution in [0.25, 0.3) is 0 Å². The summed E-state index contributed by atoms with van der Waals surface area (Å²) in [5.41, 5.74) is 5.68. The Bertz CT molecular complexity index is 296. The standard InChI is InChI=1S/C8H11N3O2/c9-6-2-4-11(5-6)8(12)7-1-3-10-13-7/h1,3,6H,2,4-5,9H2/t6-/m0/s1. The van der Waals surface area contributed by atoms with Gasteiger partial charge in [-0.05, 0) is 6.42 Å². The van der Waals surface area contributed by atoms with Crippen molar-refractivity contribution in [2.75, 3.05) is 13.1 Å². The molecular weight excluding hydrogens is 170 g/mol. The normalized spacial score (nSPS) is 22.2. The fourth-order valence-corrected chi connectivity index (χ4v) is 1.45. The molecule has 0 bridgehead atoms. The summed E-state index contributed by atoms with van der Waals surface area (Å²) in [7, 11) is 0. The van der Waals surface area contributed by atoms with Gasteiger partial charge < -0.3 is 15.2 Å². The van der Waals surface area contributed by atoms with Crippen molar-refractivity contribution in [1.82, 2.24) is 10.1 Å². The molecule has 5 nitrogen and oxygen atoms in total. The molecule has 1 amide bonds. The molecule has 1 atom stereocenters. The van der Waals surface area contributed by atoms with Crippen LogP contribution in [0.5, 0.6) is 0 Å². The molecule has 1 aromatic rings. The second kappa shape index (κ2) is 3.18. The highest BCUT2D eigenvalue weighted by atomic mass is 16.5. The average Bonchev–Trinajstić information content (AvgIpc) is 2.72. The van der Waals surface area contributed by atoms with Gasteiger partial charge in [-0.1, -0.05) is 5.16 Å². The molecule has 0 aromatic carbocycles. The molecule has 1 aromatic heterocycles. The summed E-state index contributed by atoms with van der Waals surface area (Å²) in [6.45, 7) is 1.32. The van der Waals surface area contributed by atoms with Crippen LogP contribution in [0.15, 0.2) is 16.8 Å². The van der Waals surface area contributed by atoms with Crippen molar-refractivity contribution in [3.63, 3.8) is 0 Å². The number of amides is 1. The van der Waals surface area contributed by atoms with E-state index in [0.717, 1.165) is 6.42 Å². The minimum absolute atomic E-state index is 0.104. The van der Waals surface area contributed by atoms with Crippen LogP contribution < -0.4 is 5.73 Å². The van der Waals surface area contributed by atoms with Gasteiger partial charge in [0, 0.05) is 25.2 Å². The largest absolute Gasteiger partial charge is 0.351 e. The Morgan fingerprint density at radius 2 is 2.62 bits per heavy atom. The molecule has 5 heteroatoms. The monoisotopic (exact) mass is 181 g/mol. The second-order valence-corrected chi connectivity index (χ2v) is 3.18. The van der Waals surface area contributed by atoms with Crippen molar-refractivity contribution in [3.05, 3.63) is 18.0 Å². The highest BCUT2D eigenvalue weighted by Gasteiger charge is 2.26. The number of nitrogens with zero attached hydrogens (tertiary/aromatic N) is 2. The van der Waals surface area contributed by atoms with E-state index in [4.69, 9.17) is 10.3 Å². The number of carbonyl (C=O) groups excluding carboxylic acids is 1. The van der Waals surface area contributed by atoms with Crippen LogP contribution in [-0.4, -0.2) is 35.1 Å². The van der Waals surface area contributed by atoms with E-state index in [1.807, 2.05) is 0 Å². The lowest BCUT2D eigenvalue weighted by Gasteiger charge is -2.12. The van der Waals surface area contributed by atoms with Crippen LogP contribution >= 0.6 is 0 Å². The lowest BCUT2D eigenvalue weighted by Crippen LogP contribution is -2.31. The predicted molar refractivity (Wildman–Crippen MR) is 45.0 cm³/mol. The van der Waals surface area contributed by atoms with Crippen LogP contribution in [0.4, 0.5) is 0 Å². The van der Waals surface area contributed by atoms with Gasteiger partial charge in [0.25, 0.3) is 5.91 Å². The third kappa shape index (κ3) is 1.55. The van der Waals surface area contributed by atoms with Crippen molar-refractivity contribution in [2.24, 2.45) is 5.73 Å². The first kappa shape index (κ1) is 8.25. The molecule has 2 heterocycles. The Balaban J connectivity index is 2.06. The van der Waals surface area contributed by atoms with Gasteiger partial charge in [0.1, 0.15) is 0 Å². The number of rotatable bonds is 1. The second-order valence-electron chi connectivity index (χ2n) is 3.18. The molecule has 1 aliphatic heterocycles. The van der Waals surface area contributed by atoms with Crippen LogP contribution in [0.1, 0.15) is 17.0 Å². The quantitative estimate of drug-likeness (QED) is 0.653. The summed E-state index contributed by atoms with van der Waals surface area (Å²) in [6, 6.07) is 1.67. The van der Waals surface area contributed by atoms with E-state index in [0.29, 0.717) is 13.1 Å². The minimum Gasteiger partial charge on any atom is -0.351 e. The maximum Gasteiger partial charge on any atom is 0.292 e. The molecule has 70 valence electrons. The molecule has 0 aliphatic carbocycles. The van der Waals surface area contributed by atoms with Gasteiger partial charge in [0.15, 0.2) is 0 Å². The zero-order chi connectivity index (χ0) is 9.26. The van der Waals surface area contributed by atoms with Gasteiger partial charge in [-0.25, -0.2) is 0 Å². The van der Waals surface area contributed by atoms with Crippen molar-refractivity contribution < 1.29 is 9.32 Å². The summed E-state index contributed by atoms with van der Waals surface area (Å²) in [5.74, 6) is 0.166. The third-order valence-corrected chi connectivity index (χ3v) is 2.16. The molecule has 0 saturated carbocycles. The number of aromatic nitrogens is 1. The first-order chi connectivity index (χ1) is 6.27. The van der Waals surface area contributed by atoms with Crippen LogP contribution in [0.2, 0.25) is 0 Å². The van der Waals surface area contributed by atoms with Gasteiger partial charge in [-0.15, -0.1) is 0 Å². The molecule has 0 unspecified atom stereocenters. The highest BCUT2D eigenvalue weighted by Crippen LogP contribution is 2.11. The molecule has 1 aliphatic rings. The zero-order valence-corrected chi connectivity index (χ0v) is 7.14. The summed E-state index contributed by atoms with van der Waals surface area (Å²) >= 11 is 0. The zero-order valence-electron chi connectivity index (χ0n) is 7.14. The van der Waals surface area contributed by atoms with Crippen molar-refractivity contribution in [3.8, 4) is 0 Å². The van der Waals surface area contributed by atoms with Crippen molar-refractivity contribution in [1.29, 1.82) is 0 Å². The topological polar surface area (TPSA) is 72.4 Å². The number of likely N-dealkylation sites (tertiary alicyclic amines) is 1. The Morgan fingerprint density at radius 3 is 3.15 bits per heavy atom. The van der Waals surface area contributed by atoms with E-state index >= 15 is 0 Å². The minimum atomic E-state index is -0.120. The molecule has 0 radical (unpaired) electrons. The first-order valence-electron chi connectivity index (χ1n) is 4.23. The van der Waals surface area contributed by atoms with E-state index in [2.05, 4.69) is 5.16 Å². The lowest BCUT2D eigenvalue weighted by atomic mass is 10.3. The SMILES string of the molecule is N[C@H]1CCN(C(=O)c2ccno2)C1. The number of nitrogens with two attached hydrogens (primary N) is 1.